The molecule has 0 saturated heterocycles. The molecular weight excluding hydrogens is 296 g/mol. The van der Waals surface area contributed by atoms with Gasteiger partial charge < -0.3 is 0 Å². The lowest BCUT2D eigenvalue weighted by Gasteiger charge is -2.01. The third kappa shape index (κ3) is 21.2. The van der Waals surface area contributed by atoms with Crippen LogP contribution in [0.3, 0.4) is 0 Å². The van der Waals surface area contributed by atoms with Gasteiger partial charge in [-0.05, 0) is 32.1 Å². The van der Waals surface area contributed by atoms with Crippen molar-refractivity contribution < 1.29 is 9.90 Å². The molecule has 0 aromatic carbocycles. The van der Waals surface area contributed by atoms with Crippen LogP contribution in [0.15, 0.2) is 12.2 Å². The van der Waals surface area contributed by atoms with Crippen LogP contribution >= 0.6 is 0 Å². The van der Waals surface area contributed by atoms with E-state index in [9.17, 15) is 9.90 Å². The molecule has 0 fully saturated rings. The molecule has 0 bridgehead atoms. The summed E-state index contributed by atoms with van der Waals surface area (Å²) in [5, 5.41) is 10.3. The highest BCUT2D eigenvalue weighted by Gasteiger charge is 1.98. The summed E-state index contributed by atoms with van der Waals surface area (Å²) >= 11 is 0. The molecule has 0 heterocycles. The van der Waals surface area contributed by atoms with Crippen LogP contribution in [0.2, 0.25) is 0 Å². The fraction of sp³-hybridized carbons (Fsp3) is 0.864. The van der Waals surface area contributed by atoms with Gasteiger partial charge in [-0.1, -0.05) is 96.1 Å². The normalized spacial score (nSPS) is 11.4. The lowest BCUT2D eigenvalue weighted by Crippen LogP contribution is -1.91. The van der Waals surface area contributed by atoms with Crippen molar-refractivity contribution in [3.05, 3.63) is 12.2 Å². The van der Waals surface area contributed by atoms with Crippen molar-refractivity contribution in [2.75, 3.05) is 0 Å². The molecule has 0 atom stereocenters. The van der Waals surface area contributed by atoms with Crippen molar-refractivity contribution in [1.29, 1.82) is 0 Å². The monoisotopic (exact) mass is 337 g/mol. The molecule has 24 heavy (non-hydrogen) atoms. The Morgan fingerprint density at radius 2 is 0.958 bits per heavy atom. The Labute approximate surface area is 151 Å². The Balaban J connectivity index is 3.06. The number of hydrogen-bond donors (Lipinski definition) is 0. The highest BCUT2D eigenvalue weighted by atomic mass is 16.4. The van der Waals surface area contributed by atoms with Crippen LogP contribution in [-0.2, 0) is 9.90 Å². The van der Waals surface area contributed by atoms with Crippen molar-refractivity contribution in [3.63, 3.8) is 0 Å². The minimum Gasteiger partial charge on any atom is -0.247 e. The molecule has 0 amide bonds. The summed E-state index contributed by atoms with van der Waals surface area (Å²) in [6, 6.07) is 0. The van der Waals surface area contributed by atoms with Crippen molar-refractivity contribution >= 4 is 5.97 Å². The first-order valence-corrected chi connectivity index (χ1v) is 10.6. The van der Waals surface area contributed by atoms with Gasteiger partial charge in [0.2, 0.25) is 0 Å². The third-order valence-electron chi connectivity index (χ3n) is 4.64. The lowest BCUT2D eigenvalue weighted by molar-refractivity contribution is -0.143. The fourth-order valence-corrected chi connectivity index (χ4v) is 3.05. The Morgan fingerprint density at radius 1 is 0.583 bits per heavy atom. The first-order chi connectivity index (χ1) is 11.8. The van der Waals surface area contributed by atoms with Crippen LogP contribution in [0.5, 0.6) is 0 Å². The second kappa shape index (κ2) is 20.3. The topological polar surface area (TPSA) is 37.0 Å². The van der Waals surface area contributed by atoms with E-state index >= 15 is 0 Å². The molecule has 141 valence electrons. The second-order valence-corrected chi connectivity index (χ2v) is 7.12. The van der Waals surface area contributed by atoms with Crippen LogP contribution in [0.1, 0.15) is 122 Å². The number of allylic oxidation sites excluding steroid dienone is 2. The van der Waals surface area contributed by atoms with E-state index in [4.69, 9.17) is 0 Å². The molecule has 0 saturated carbocycles. The minimum absolute atomic E-state index is 0.229. The Hall–Kier alpha value is -0.790. The molecule has 1 radical (unpaired) electrons. The van der Waals surface area contributed by atoms with E-state index < -0.39 is 5.97 Å². The summed E-state index contributed by atoms with van der Waals surface area (Å²) in [7, 11) is 0. The predicted octanol–water partition coefficient (Wildman–Crippen LogP) is 7.54. The maximum Gasteiger partial charge on any atom is 0.355 e. The number of rotatable bonds is 19. The van der Waals surface area contributed by atoms with Gasteiger partial charge >= 0.3 is 5.97 Å². The van der Waals surface area contributed by atoms with E-state index in [2.05, 4.69) is 19.1 Å². The quantitative estimate of drug-likeness (QED) is 0.177. The molecule has 0 spiro atoms. The number of unbranched alkanes of at least 4 members (excludes halogenated alkanes) is 15. The summed E-state index contributed by atoms with van der Waals surface area (Å²) in [6.45, 7) is 2.27. The second-order valence-electron chi connectivity index (χ2n) is 7.12. The van der Waals surface area contributed by atoms with Crippen LogP contribution in [0.4, 0.5) is 0 Å². The standard InChI is InChI=1S/C22H41O2/c1-2-3-4-5-6-7-8-9-10-11-12-13-14-15-16-17-18-19-20-21-22(23)24/h9-10H,2-8,11-21H2,1H3/b10-9+. The van der Waals surface area contributed by atoms with Gasteiger partial charge in [-0.15, -0.1) is 0 Å². The van der Waals surface area contributed by atoms with E-state index in [-0.39, 0.29) is 6.42 Å². The molecule has 0 rings (SSSR count). The molecule has 0 aliphatic heterocycles. The zero-order chi connectivity index (χ0) is 17.7. The lowest BCUT2D eigenvalue weighted by atomic mass is 10.1. The Kier molecular flexibility index (Phi) is 19.6. The first kappa shape index (κ1) is 23.2. The SMILES string of the molecule is CCCCCCCC/C=C/CCCCCCCCCCCC([O])=O. The summed E-state index contributed by atoms with van der Waals surface area (Å²) in [5.74, 6) is -0.906. The van der Waals surface area contributed by atoms with Gasteiger partial charge in [0.15, 0.2) is 0 Å². The van der Waals surface area contributed by atoms with Gasteiger partial charge in [0, 0.05) is 0 Å². The zero-order valence-corrected chi connectivity index (χ0v) is 16.2. The molecule has 0 aliphatic carbocycles. The fourth-order valence-electron chi connectivity index (χ4n) is 3.05. The van der Waals surface area contributed by atoms with E-state index in [1.807, 2.05) is 0 Å². The summed E-state index contributed by atoms with van der Waals surface area (Å²) < 4.78 is 0. The van der Waals surface area contributed by atoms with Gasteiger partial charge in [0.1, 0.15) is 0 Å². The van der Waals surface area contributed by atoms with Crippen molar-refractivity contribution in [1.82, 2.24) is 0 Å². The van der Waals surface area contributed by atoms with Crippen molar-refractivity contribution in [2.24, 2.45) is 0 Å². The van der Waals surface area contributed by atoms with E-state index in [0.717, 1.165) is 12.8 Å². The largest absolute Gasteiger partial charge is 0.355 e. The number of carbonyl (C=O) groups is 1. The maximum absolute atomic E-state index is 10.3. The molecule has 0 aromatic heterocycles. The molecular formula is C22H41O2. The molecule has 0 aliphatic rings. The highest BCUT2D eigenvalue weighted by molar-refractivity contribution is 5.66. The van der Waals surface area contributed by atoms with Crippen LogP contribution in [0.25, 0.3) is 0 Å². The number of carbonyl (C=O) groups excluding carboxylic acids is 1. The summed E-state index contributed by atoms with van der Waals surface area (Å²) in [6.07, 6.45) is 26.8. The van der Waals surface area contributed by atoms with Gasteiger partial charge in [0.25, 0.3) is 0 Å². The van der Waals surface area contributed by atoms with Crippen LogP contribution in [0, 0.1) is 0 Å². The van der Waals surface area contributed by atoms with E-state index in [1.54, 1.807) is 0 Å². The van der Waals surface area contributed by atoms with Gasteiger partial charge in [0.05, 0.1) is 6.42 Å². The zero-order valence-electron chi connectivity index (χ0n) is 16.2. The highest BCUT2D eigenvalue weighted by Crippen LogP contribution is 2.12. The van der Waals surface area contributed by atoms with Gasteiger partial charge in [-0.25, -0.2) is 9.90 Å². The molecule has 0 aromatic rings. The molecule has 2 nitrogen and oxygen atoms in total. The predicted molar refractivity (Wildman–Crippen MR) is 104 cm³/mol. The van der Waals surface area contributed by atoms with E-state index in [1.165, 1.54) is 96.3 Å². The summed E-state index contributed by atoms with van der Waals surface area (Å²) in [5.41, 5.74) is 0. The first-order valence-electron chi connectivity index (χ1n) is 10.6. The van der Waals surface area contributed by atoms with Gasteiger partial charge in [-0.2, -0.15) is 0 Å². The Morgan fingerprint density at radius 3 is 1.38 bits per heavy atom. The third-order valence-corrected chi connectivity index (χ3v) is 4.64. The average Bonchev–Trinajstić information content (AvgIpc) is 2.56. The Bertz CT molecular complexity index is 284. The van der Waals surface area contributed by atoms with Crippen LogP contribution in [-0.4, -0.2) is 5.97 Å². The van der Waals surface area contributed by atoms with Crippen LogP contribution < -0.4 is 0 Å². The number of hydrogen-bond acceptors (Lipinski definition) is 1. The van der Waals surface area contributed by atoms with E-state index in [0.29, 0.717) is 0 Å². The van der Waals surface area contributed by atoms with Crippen molar-refractivity contribution in [2.45, 2.75) is 122 Å². The summed E-state index contributed by atoms with van der Waals surface area (Å²) in [4.78, 5) is 10.3. The smallest absolute Gasteiger partial charge is 0.247 e. The van der Waals surface area contributed by atoms with Gasteiger partial charge in [-0.3, -0.25) is 0 Å². The minimum atomic E-state index is -0.906. The maximum atomic E-state index is 10.3. The van der Waals surface area contributed by atoms with Crippen molar-refractivity contribution in [3.8, 4) is 0 Å². The molecule has 0 N–H and O–H groups in total. The average molecular weight is 338 g/mol. The molecule has 0 unspecified atom stereocenters. The molecule has 2 heteroatoms.